The fourth-order valence-electron chi connectivity index (χ4n) is 4.16. The van der Waals surface area contributed by atoms with Crippen molar-refractivity contribution in [3.05, 3.63) is 66.1 Å². The summed E-state index contributed by atoms with van der Waals surface area (Å²) in [6.07, 6.45) is 3.47. The van der Waals surface area contributed by atoms with Crippen molar-refractivity contribution in [3.8, 4) is 5.75 Å². The first kappa shape index (κ1) is 19.6. The number of hydrogen-bond acceptors (Lipinski definition) is 4. The molecule has 0 radical (unpaired) electrons. The van der Waals surface area contributed by atoms with Crippen LogP contribution in [0.15, 0.2) is 59.3 Å². The summed E-state index contributed by atoms with van der Waals surface area (Å²) in [6, 6.07) is 13.3. The van der Waals surface area contributed by atoms with Gasteiger partial charge in [-0.05, 0) is 24.3 Å². The highest BCUT2D eigenvalue weighted by molar-refractivity contribution is 9.09. The molecule has 0 fully saturated rings. The monoisotopic (exact) mass is 478 g/mol. The number of aromatic nitrogens is 1. The van der Waals surface area contributed by atoms with Gasteiger partial charge in [-0.2, -0.15) is 0 Å². The predicted molar refractivity (Wildman–Crippen MR) is 123 cm³/mol. The lowest BCUT2D eigenvalue weighted by molar-refractivity contribution is -0.134. The maximum absolute atomic E-state index is 13.3. The number of benzene rings is 2. The average molecular weight is 479 g/mol. The lowest BCUT2D eigenvalue weighted by atomic mass is 9.95. The van der Waals surface area contributed by atoms with E-state index < -0.39 is 0 Å². The molecule has 6 nitrogen and oxygen atoms in total. The Morgan fingerprint density at radius 2 is 1.74 bits per heavy atom. The van der Waals surface area contributed by atoms with Gasteiger partial charge in [0.1, 0.15) is 11.3 Å². The van der Waals surface area contributed by atoms with Crippen molar-refractivity contribution in [2.45, 2.75) is 0 Å². The number of imide groups is 1. The van der Waals surface area contributed by atoms with E-state index in [0.717, 1.165) is 26.8 Å². The molecule has 0 saturated heterocycles. The summed E-state index contributed by atoms with van der Waals surface area (Å²) in [5, 5.41) is 2.40. The zero-order valence-corrected chi connectivity index (χ0v) is 18.6. The van der Waals surface area contributed by atoms with Crippen molar-refractivity contribution in [1.29, 1.82) is 0 Å². The Hall–Kier alpha value is -3.32. The van der Waals surface area contributed by atoms with E-state index in [9.17, 15) is 9.59 Å². The number of alkyl halides is 1. The van der Waals surface area contributed by atoms with Crippen LogP contribution in [0.25, 0.3) is 33.0 Å². The number of likely N-dealkylation sites (N-methyl/N-ethyl adjacent to an activating group) is 1. The second kappa shape index (κ2) is 7.42. The minimum atomic E-state index is -0.358. The maximum atomic E-state index is 13.3. The number of rotatable bonds is 5. The molecule has 0 aliphatic carbocycles. The zero-order valence-electron chi connectivity index (χ0n) is 17.0. The summed E-state index contributed by atoms with van der Waals surface area (Å²) in [5.74, 6) is -0.0750. The third kappa shape index (κ3) is 2.99. The van der Waals surface area contributed by atoms with Crippen LogP contribution < -0.4 is 4.74 Å². The first-order valence-corrected chi connectivity index (χ1v) is 10.9. The summed E-state index contributed by atoms with van der Waals surface area (Å²) in [7, 11) is 3.43. The topological polar surface area (TPSA) is 64.7 Å². The highest BCUT2D eigenvalue weighted by atomic mass is 79.9. The first-order valence-electron chi connectivity index (χ1n) is 9.82. The molecule has 2 aromatic heterocycles. The molecule has 31 heavy (non-hydrogen) atoms. The average Bonchev–Trinajstić information content (AvgIpc) is 3.44. The largest absolute Gasteiger partial charge is 0.493 e. The molecule has 2 amide bonds. The molecule has 0 atom stereocenters. The highest BCUT2D eigenvalue weighted by Gasteiger charge is 2.39. The molecule has 0 N–H and O–H groups in total. The van der Waals surface area contributed by atoms with Gasteiger partial charge >= 0.3 is 0 Å². The van der Waals surface area contributed by atoms with Gasteiger partial charge in [0.2, 0.25) is 0 Å². The summed E-state index contributed by atoms with van der Waals surface area (Å²) in [5.41, 5.74) is 3.51. The van der Waals surface area contributed by atoms with Gasteiger partial charge in [-0.1, -0.05) is 34.1 Å². The van der Waals surface area contributed by atoms with E-state index in [1.54, 1.807) is 12.3 Å². The normalized spacial score (nSPS) is 14.5. The van der Waals surface area contributed by atoms with Gasteiger partial charge in [0, 0.05) is 53.0 Å². The van der Waals surface area contributed by atoms with Crippen molar-refractivity contribution in [3.63, 3.8) is 0 Å². The van der Waals surface area contributed by atoms with Gasteiger partial charge < -0.3 is 13.7 Å². The molecule has 5 rings (SSSR count). The summed E-state index contributed by atoms with van der Waals surface area (Å²) in [6.45, 7) is 0.477. The van der Waals surface area contributed by atoms with Gasteiger partial charge in [-0.3, -0.25) is 14.5 Å². The number of hydrogen-bond donors (Lipinski definition) is 0. The maximum Gasteiger partial charge on any atom is 0.262 e. The first-order chi connectivity index (χ1) is 15.0. The number of carbonyl (C=O) groups is 2. The number of furan rings is 1. The van der Waals surface area contributed by atoms with Crippen molar-refractivity contribution < 1.29 is 18.7 Å². The Bertz CT molecular complexity index is 1400. The predicted octanol–water partition coefficient (Wildman–Crippen LogP) is 4.61. The molecule has 4 aromatic rings. The molecule has 3 heterocycles. The van der Waals surface area contributed by atoms with Gasteiger partial charge in [0.05, 0.1) is 24.0 Å². The minimum Gasteiger partial charge on any atom is -0.493 e. The van der Waals surface area contributed by atoms with Crippen LogP contribution in [0, 0.1) is 0 Å². The second-order valence-electron chi connectivity index (χ2n) is 7.44. The van der Waals surface area contributed by atoms with Crippen LogP contribution in [0.5, 0.6) is 5.75 Å². The molecular weight excluding hydrogens is 460 g/mol. The minimum absolute atomic E-state index is 0.327. The number of fused-ring (bicyclic) bond motifs is 2. The number of carbonyl (C=O) groups excluding carboxylic acids is 2. The number of amides is 2. The second-order valence-corrected chi connectivity index (χ2v) is 8.23. The third-order valence-electron chi connectivity index (χ3n) is 5.59. The molecule has 1 aliphatic rings. The number of halogens is 1. The zero-order chi connectivity index (χ0) is 21.7. The van der Waals surface area contributed by atoms with Crippen LogP contribution in [0.4, 0.5) is 0 Å². The number of ether oxygens (including phenoxy) is 1. The van der Waals surface area contributed by atoms with E-state index in [1.165, 1.54) is 7.05 Å². The Morgan fingerprint density at radius 1 is 1.00 bits per heavy atom. The van der Waals surface area contributed by atoms with Crippen LogP contribution in [-0.4, -0.2) is 40.3 Å². The summed E-state index contributed by atoms with van der Waals surface area (Å²) < 4.78 is 13.5. The fraction of sp³-hybridized carbons (Fsp3) is 0.167. The van der Waals surface area contributed by atoms with Crippen molar-refractivity contribution >= 4 is 60.8 Å². The number of nitrogens with zero attached hydrogens (tertiary/aromatic N) is 2. The number of aryl methyl sites for hydroxylation is 1. The molecule has 156 valence electrons. The van der Waals surface area contributed by atoms with E-state index in [-0.39, 0.29) is 11.8 Å². The molecule has 0 bridgehead atoms. The Kier molecular flexibility index (Phi) is 4.70. The molecule has 2 aromatic carbocycles. The van der Waals surface area contributed by atoms with Gasteiger partial charge in [0.15, 0.2) is 0 Å². The number of para-hydroxylation sites is 1. The lowest BCUT2D eigenvalue weighted by Gasteiger charge is -2.10. The Labute approximate surface area is 186 Å². The SMILES string of the molecule is CN1C(=O)C(c2cn(C)c3ccccc23)=C(c2cc(OCCBr)cc3ccoc23)C1=O. The molecule has 1 aliphatic heterocycles. The van der Waals surface area contributed by atoms with Crippen molar-refractivity contribution in [2.75, 3.05) is 19.0 Å². The standard InChI is InChI=1S/C24H19BrN2O4/c1-26-13-18(16-5-3-4-6-19(16)26)21-20(23(28)27(2)24(21)29)17-12-15(30-10-8-25)11-14-7-9-31-22(14)17/h3-7,9,11-13H,8,10H2,1-2H3. The van der Waals surface area contributed by atoms with Gasteiger partial charge in [-0.15, -0.1) is 0 Å². The molecular formula is C24H19BrN2O4. The molecule has 0 saturated carbocycles. The van der Waals surface area contributed by atoms with E-state index in [2.05, 4.69) is 15.9 Å². The van der Waals surface area contributed by atoms with Crippen LogP contribution in [0.2, 0.25) is 0 Å². The Balaban J connectivity index is 1.83. The van der Waals surface area contributed by atoms with Gasteiger partial charge in [0.25, 0.3) is 11.8 Å². The van der Waals surface area contributed by atoms with Gasteiger partial charge in [-0.25, -0.2) is 0 Å². The van der Waals surface area contributed by atoms with Crippen LogP contribution in [0.3, 0.4) is 0 Å². The highest BCUT2D eigenvalue weighted by Crippen LogP contribution is 2.42. The van der Waals surface area contributed by atoms with Crippen LogP contribution in [-0.2, 0) is 16.6 Å². The molecule has 7 heteroatoms. The Morgan fingerprint density at radius 3 is 2.52 bits per heavy atom. The summed E-state index contributed by atoms with van der Waals surface area (Å²) in [4.78, 5) is 27.7. The van der Waals surface area contributed by atoms with E-state index in [1.807, 2.05) is 54.2 Å². The molecule has 0 spiro atoms. The molecule has 0 unspecified atom stereocenters. The van der Waals surface area contributed by atoms with Crippen molar-refractivity contribution in [2.24, 2.45) is 7.05 Å². The lowest BCUT2D eigenvalue weighted by Crippen LogP contribution is -2.26. The fourth-order valence-corrected chi connectivity index (χ4v) is 4.32. The smallest absolute Gasteiger partial charge is 0.262 e. The quantitative estimate of drug-likeness (QED) is 0.310. The van der Waals surface area contributed by atoms with Crippen LogP contribution in [0.1, 0.15) is 11.1 Å². The van der Waals surface area contributed by atoms with E-state index in [4.69, 9.17) is 9.15 Å². The van der Waals surface area contributed by atoms with E-state index >= 15 is 0 Å². The van der Waals surface area contributed by atoms with E-state index in [0.29, 0.717) is 40.0 Å². The van der Waals surface area contributed by atoms with Crippen molar-refractivity contribution in [1.82, 2.24) is 9.47 Å². The third-order valence-corrected chi connectivity index (χ3v) is 5.92. The van der Waals surface area contributed by atoms with Crippen LogP contribution >= 0.6 is 15.9 Å². The summed E-state index contributed by atoms with van der Waals surface area (Å²) >= 11 is 3.36.